The molecule has 0 aliphatic heterocycles. The van der Waals surface area contributed by atoms with Crippen molar-refractivity contribution in [1.82, 2.24) is 9.78 Å². The van der Waals surface area contributed by atoms with Crippen molar-refractivity contribution in [3.05, 3.63) is 12.3 Å². The van der Waals surface area contributed by atoms with E-state index in [0.717, 1.165) is 25.2 Å². The van der Waals surface area contributed by atoms with E-state index >= 15 is 0 Å². The zero-order valence-electron chi connectivity index (χ0n) is 9.35. The monoisotopic (exact) mass is 223 g/mol. The maximum atomic E-state index is 8.54. The number of nitrogens with zero attached hydrogens (tertiary/aromatic N) is 3. The number of nitrogens with two attached hydrogens (primary N) is 1. The summed E-state index contributed by atoms with van der Waals surface area (Å²) in [5, 5.41) is 19.1. The molecule has 16 heavy (non-hydrogen) atoms. The highest BCUT2D eigenvalue weighted by molar-refractivity contribution is 5.80. The molecule has 4 N–H and O–H groups in total. The van der Waals surface area contributed by atoms with Gasteiger partial charge in [0.25, 0.3) is 0 Å². The van der Waals surface area contributed by atoms with E-state index in [-0.39, 0.29) is 5.41 Å². The molecular formula is C10H17N5O. The Balaban J connectivity index is 1.86. The molecule has 1 fully saturated rings. The molecule has 6 heteroatoms. The molecule has 1 aromatic rings. The lowest BCUT2D eigenvalue weighted by molar-refractivity contribution is 0.315. The van der Waals surface area contributed by atoms with Gasteiger partial charge in [0.2, 0.25) is 0 Å². The first-order valence-electron chi connectivity index (χ1n) is 5.33. The van der Waals surface area contributed by atoms with Gasteiger partial charge in [-0.1, -0.05) is 5.16 Å². The summed E-state index contributed by atoms with van der Waals surface area (Å²) in [6.07, 6.45) is 4.76. The Morgan fingerprint density at radius 1 is 1.75 bits per heavy atom. The summed E-state index contributed by atoms with van der Waals surface area (Å²) in [5.41, 5.74) is 5.69. The zero-order valence-corrected chi connectivity index (χ0v) is 9.35. The van der Waals surface area contributed by atoms with Crippen molar-refractivity contribution < 1.29 is 5.21 Å². The molecular weight excluding hydrogens is 206 g/mol. The smallest absolute Gasteiger partial charge is 0.147 e. The van der Waals surface area contributed by atoms with E-state index in [1.807, 2.05) is 19.3 Å². The topological polar surface area (TPSA) is 88.5 Å². The first-order chi connectivity index (χ1) is 7.63. The quantitative estimate of drug-likeness (QED) is 0.297. The van der Waals surface area contributed by atoms with Crippen LogP contribution in [0.5, 0.6) is 0 Å². The number of aryl methyl sites for hydroxylation is 1. The maximum absolute atomic E-state index is 8.54. The molecule has 0 aromatic carbocycles. The lowest BCUT2D eigenvalue weighted by Gasteiger charge is -2.14. The fraction of sp³-hybridized carbons (Fsp3) is 0.600. The van der Waals surface area contributed by atoms with Gasteiger partial charge >= 0.3 is 0 Å². The van der Waals surface area contributed by atoms with E-state index in [1.54, 1.807) is 4.68 Å². The first-order valence-corrected chi connectivity index (χ1v) is 5.33. The molecule has 1 saturated carbocycles. The summed E-state index contributed by atoms with van der Waals surface area (Å²) < 4.78 is 1.76. The number of amidine groups is 1. The van der Waals surface area contributed by atoms with E-state index < -0.39 is 0 Å². The fourth-order valence-corrected chi connectivity index (χ4v) is 1.80. The minimum atomic E-state index is 0.161. The third-order valence-electron chi connectivity index (χ3n) is 3.00. The van der Waals surface area contributed by atoms with E-state index in [9.17, 15) is 0 Å². The summed E-state index contributed by atoms with van der Waals surface area (Å²) in [5.74, 6) is 1.17. The van der Waals surface area contributed by atoms with Crippen molar-refractivity contribution in [2.45, 2.75) is 19.3 Å². The Labute approximate surface area is 94.1 Å². The Morgan fingerprint density at radius 2 is 2.50 bits per heavy atom. The number of oxime groups is 1. The van der Waals surface area contributed by atoms with Crippen molar-refractivity contribution >= 4 is 11.7 Å². The van der Waals surface area contributed by atoms with Crippen LogP contribution in [0.1, 0.15) is 19.3 Å². The van der Waals surface area contributed by atoms with Gasteiger partial charge in [0.15, 0.2) is 0 Å². The lowest BCUT2D eigenvalue weighted by atomic mass is 10.0. The molecule has 6 nitrogen and oxygen atoms in total. The highest BCUT2D eigenvalue weighted by atomic mass is 16.4. The van der Waals surface area contributed by atoms with Crippen LogP contribution in [0, 0.1) is 5.41 Å². The third kappa shape index (κ3) is 2.44. The van der Waals surface area contributed by atoms with Gasteiger partial charge in [0.1, 0.15) is 11.7 Å². The molecule has 0 spiro atoms. The minimum absolute atomic E-state index is 0.161. The first kappa shape index (κ1) is 10.8. The van der Waals surface area contributed by atoms with E-state index in [1.165, 1.54) is 0 Å². The normalized spacial score (nSPS) is 18.4. The Kier molecular flexibility index (Phi) is 2.72. The molecule has 1 aliphatic carbocycles. The van der Waals surface area contributed by atoms with Crippen molar-refractivity contribution in [2.75, 3.05) is 11.9 Å². The standard InChI is InChI=1S/C10H17N5O/c1-15-5-2-9(13-15)12-7-10(3-4-10)6-8(11)14-16/h2,5,16H,3-4,6-7H2,1H3,(H2,11,14)(H,12,13). The second kappa shape index (κ2) is 4.03. The van der Waals surface area contributed by atoms with Crippen LogP contribution >= 0.6 is 0 Å². The summed E-state index contributed by atoms with van der Waals surface area (Å²) in [4.78, 5) is 0. The molecule has 1 heterocycles. The molecule has 0 atom stereocenters. The maximum Gasteiger partial charge on any atom is 0.147 e. The summed E-state index contributed by atoms with van der Waals surface area (Å²) >= 11 is 0. The van der Waals surface area contributed by atoms with Gasteiger partial charge in [-0.15, -0.1) is 0 Å². The zero-order chi connectivity index (χ0) is 11.6. The van der Waals surface area contributed by atoms with Gasteiger partial charge in [-0.25, -0.2) is 0 Å². The lowest BCUT2D eigenvalue weighted by Crippen LogP contribution is -2.23. The van der Waals surface area contributed by atoms with E-state index in [2.05, 4.69) is 15.6 Å². The predicted octanol–water partition coefficient (Wildman–Crippen LogP) is 0.749. The molecule has 0 amide bonds. The molecule has 0 unspecified atom stereocenters. The summed E-state index contributed by atoms with van der Waals surface area (Å²) in [6, 6.07) is 1.93. The van der Waals surface area contributed by atoms with Gasteiger partial charge in [0.05, 0.1) is 0 Å². The molecule has 0 bridgehead atoms. The minimum Gasteiger partial charge on any atom is -0.409 e. The summed E-state index contributed by atoms with van der Waals surface area (Å²) in [6.45, 7) is 0.820. The largest absolute Gasteiger partial charge is 0.409 e. The van der Waals surface area contributed by atoms with Crippen LogP contribution in [0.4, 0.5) is 5.82 Å². The van der Waals surface area contributed by atoms with Crippen LogP contribution in [0.3, 0.4) is 0 Å². The fourth-order valence-electron chi connectivity index (χ4n) is 1.80. The number of anilines is 1. The number of hydrogen-bond donors (Lipinski definition) is 3. The Morgan fingerprint density at radius 3 is 3.00 bits per heavy atom. The number of nitrogens with one attached hydrogen (secondary N) is 1. The van der Waals surface area contributed by atoms with E-state index in [4.69, 9.17) is 10.9 Å². The Bertz CT molecular complexity index is 394. The average molecular weight is 223 g/mol. The summed E-state index contributed by atoms with van der Waals surface area (Å²) in [7, 11) is 1.88. The van der Waals surface area contributed by atoms with Crippen LogP contribution in [0.25, 0.3) is 0 Å². The number of rotatable bonds is 5. The molecule has 2 rings (SSSR count). The van der Waals surface area contributed by atoms with Gasteiger partial charge in [-0.05, 0) is 18.3 Å². The van der Waals surface area contributed by atoms with Gasteiger partial charge in [-0.2, -0.15) is 5.10 Å². The van der Waals surface area contributed by atoms with Crippen molar-refractivity contribution in [2.24, 2.45) is 23.4 Å². The highest BCUT2D eigenvalue weighted by Gasteiger charge is 2.43. The molecule has 1 aromatic heterocycles. The predicted molar refractivity (Wildman–Crippen MR) is 61.4 cm³/mol. The second-order valence-electron chi connectivity index (χ2n) is 4.50. The molecule has 1 aliphatic rings. The second-order valence-corrected chi connectivity index (χ2v) is 4.50. The Hall–Kier alpha value is -1.72. The van der Waals surface area contributed by atoms with Crippen LogP contribution < -0.4 is 11.1 Å². The number of aromatic nitrogens is 2. The van der Waals surface area contributed by atoms with Crippen LogP contribution in [0.2, 0.25) is 0 Å². The van der Waals surface area contributed by atoms with Crippen LogP contribution in [-0.4, -0.2) is 27.4 Å². The van der Waals surface area contributed by atoms with Crippen molar-refractivity contribution in [1.29, 1.82) is 0 Å². The average Bonchev–Trinajstić information content (AvgIpc) is 2.90. The number of hydrogen-bond acceptors (Lipinski definition) is 4. The molecule has 88 valence electrons. The van der Waals surface area contributed by atoms with Gasteiger partial charge < -0.3 is 16.3 Å². The molecule has 0 radical (unpaired) electrons. The van der Waals surface area contributed by atoms with Crippen molar-refractivity contribution in [3.8, 4) is 0 Å². The molecule has 0 saturated heterocycles. The highest BCUT2D eigenvalue weighted by Crippen LogP contribution is 2.48. The van der Waals surface area contributed by atoms with Gasteiger partial charge in [0, 0.05) is 32.3 Å². The van der Waals surface area contributed by atoms with Crippen molar-refractivity contribution in [3.63, 3.8) is 0 Å². The van der Waals surface area contributed by atoms with Gasteiger partial charge in [-0.3, -0.25) is 4.68 Å². The SMILES string of the molecule is Cn1ccc(NCC2(CC(N)=NO)CC2)n1. The van der Waals surface area contributed by atoms with Crippen LogP contribution in [-0.2, 0) is 7.05 Å². The third-order valence-corrected chi connectivity index (χ3v) is 3.00. The van der Waals surface area contributed by atoms with E-state index in [0.29, 0.717) is 12.3 Å². The van der Waals surface area contributed by atoms with Crippen LogP contribution in [0.15, 0.2) is 17.4 Å².